The predicted molar refractivity (Wildman–Crippen MR) is 109 cm³/mol. The molecule has 1 aliphatic carbocycles. The van der Waals surface area contributed by atoms with Crippen molar-refractivity contribution in [3.63, 3.8) is 0 Å². The van der Waals surface area contributed by atoms with Gasteiger partial charge < -0.3 is 9.47 Å². The molecule has 0 fully saturated rings. The van der Waals surface area contributed by atoms with Gasteiger partial charge >= 0.3 is 5.97 Å². The van der Waals surface area contributed by atoms with Gasteiger partial charge in [0.05, 0.1) is 12.7 Å². The fraction of sp³-hybridized carbons (Fsp3) is 0.458. The zero-order valence-corrected chi connectivity index (χ0v) is 17.3. The van der Waals surface area contributed by atoms with Gasteiger partial charge in [0.25, 0.3) is 0 Å². The van der Waals surface area contributed by atoms with Crippen LogP contribution in [0.15, 0.2) is 36.4 Å². The minimum absolute atomic E-state index is 0.143. The Morgan fingerprint density at radius 3 is 2.04 bits per heavy atom. The van der Waals surface area contributed by atoms with Crippen molar-refractivity contribution < 1.29 is 14.3 Å². The van der Waals surface area contributed by atoms with Crippen LogP contribution in [-0.2, 0) is 22.0 Å². The normalized spacial score (nSPS) is 17.1. The van der Waals surface area contributed by atoms with Crippen LogP contribution < -0.4 is 4.74 Å². The largest absolute Gasteiger partial charge is 0.465 e. The van der Waals surface area contributed by atoms with Crippen LogP contribution in [0.25, 0.3) is 0 Å². The molecule has 0 spiro atoms. The molecule has 27 heavy (non-hydrogen) atoms. The van der Waals surface area contributed by atoms with Gasteiger partial charge in [0.2, 0.25) is 0 Å². The smallest absolute Gasteiger partial charge is 0.337 e. The topological polar surface area (TPSA) is 35.5 Å². The van der Waals surface area contributed by atoms with Crippen LogP contribution in [0.4, 0.5) is 0 Å². The first-order valence-electron chi connectivity index (χ1n) is 9.72. The zero-order valence-electron chi connectivity index (χ0n) is 17.3. The highest BCUT2D eigenvalue weighted by atomic mass is 16.5. The van der Waals surface area contributed by atoms with Gasteiger partial charge in [0, 0.05) is 0 Å². The van der Waals surface area contributed by atoms with E-state index in [0.717, 1.165) is 17.9 Å². The molecule has 0 radical (unpaired) electrons. The molecular weight excluding hydrogens is 336 g/mol. The van der Waals surface area contributed by atoms with Crippen LogP contribution in [0.5, 0.6) is 11.5 Å². The Labute approximate surface area is 162 Å². The van der Waals surface area contributed by atoms with E-state index in [1.54, 1.807) is 12.1 Å². The summed E-state index contributed by atoms with van der Waals surface area (Å²) in [6.07, 6.45) is 3.29. The number of methoxy groups -OCH3 is 1. The van der Waals surface area contributed by atoms with E-state index in [0.29, 0.717) is 5.56 Å². The number of ether oxygens (including phenoxy) is 2. The first kappa shape index (κ1) is 19.5. The van der Waals surface area contributed by atoms with E-state index < -0.39 is 0 Å². The number of carbonyl (C=O) groups is 1. The first-order chi connectivity index (χ1) is 12.7. The molecule has 0 unspecified atom stereocenters. The molecule has 2 aromatic rings. The number of benzene rings is 2. The third kappa shape index (κ3) is 3.73. The third-order valence-electron chi connectivity index (χ3n) is 5.92. The van der Waals surface area contributed by atoms with Gasteiger partial charge in [0.15, 0.2) is 0 Å². The van der Waals surface area contributed by atoms with E-state index in [1.165, 1.54) is 36.6 Å². The molecular formula is C24H30O3. The summed E-state index contributed by atoms with van der Waals surface area (Å²) in [5.41, 5.74) is 4.91. The van der Waals surface area contributed by atoms with Crippen LogP contribution in [-0.4, -0.2) is 13.1 Å². The summed E-state index contributed by atoms with van der Waals surface area (Å²) in [6.45, 7) is 11.5. The second-order valence-corrected chi connectivity index (χ2v) is 8.74. The zero-order chi connectivity index (χ0) is 19.8. The molecule has 3 heteroatoms. The van der Waals surface area contributed by atoms with E-state index >= 15 is 0 Å². The number of hydrogen-bond acceptors (Lipinski definition) is 3. The van der Waals surface area contributed by atoms with Gasteiger partial charge in [-0.3, -0.25) is 0 Å². The van der Waals surface area contributed by atoms with Gasteiger partial charge in [-0.2, -0.15) is 0 Å². The molecule has 3 nitrogen and oxygen atoms in total. The monoisotopic (exact) mass is 366 g/mol. The lowest BCUT2D eigenvalue weighted by Crippen LogP contribution is -2.34. The SMILES string of the molecule is CCc1cc2c(cc1Oc1ccc(C(=O)OC)cc1)C(C)(C)CCC2(C)C. The Morgan fingerprint density at radius 1 is 0.963 bits per heavy atom. The Morgan fingerprint density at radius 2 is 1.52 bits per heavy atom. The van der Waals surface area contributed by atoms with Crippen molar-refractivity contribution in [3.8, 4) is 11.5 Å². The fourth-order valence-electron chi connectivity index (χ4n) is 3.91. The molecule has 0 amide bonds. The molecule has 0 aromatic heterocycles. The molecule has 3 rings (SSSR count). The van der Waals surface area contributed by atoms with E-state index in [4.69, 9.17) is 9.47 Å². The van der Waals surface area contributed by atoms with Crippen LogP contribution in [0.3, 0.4) is 0 Å². The van der Waals surface area contributed by atoms with E-state index in [1.807, 2.05) is 12.1 Å². The third-order valence-corrected chi connectivity index (χ3v) is 5.92. The molecule has 0 atom stereocenters. The summed E-state index contributed by atoms with van der Waals surface area (Å²) >= 11 is 0. The summed E-state index contributed by atoms with van der Waals surface area (Å²) in [5, 5.41) is 0. The second-order valence-electron chi connectivity index (χ2n) is 8.74. The molecule has 0 N–H and O–H groups in total. The Balaban J connectivity index is 2.00. The quantitative estimate of drug-likeness (QED) is 0.606. The Hall–Kier alpha value is -2.29. The maximum atomic E-state index is 11.6. The van der Waals surface area contributed by atoms with Crippen molar-refractivity contribution in [1.82, 2.24) is 0 Å². The van der Waals surface area contributed by atoms with Crippen molar-refractivity contribution in [1.29, 1.82) is 0 Å². The number of fused-ring (bicyclic) bond motifs is 1. The maximum Gasteiger partial charge on any atom is 0.337 e. The van der Waals surface area contributed by atoms with Gasteiger partial charge in [-0.05, 0) is 77.1 Å². The average molecular weight is 367 g/mol. The summed E-state index contributed by atoms with van der Waals surface area (Å²) < 4.78 is 11.0. The van der Waals surface area contributed by atoms with Crippen molar-refractivity contribution in [2.45, 2.75) is 64.7 Å². The van der Waals surface area contributed by atoms with E-state index in [-0.39, 0.29) is 16.8 Å². The molecule has 2 aromatic carbocycles. The minimum Gasteiger partial charge on any atom is -0.465 e. The highest BCUT2D eigenvalue weighted by Gasteiger charge is 2.37. The number of carbonyl (C=O) groups excluding carboxylic acids is 1. The standard InChI is InChI=1S/C24H30O3/c1-7-16-14-19-20(24(4,5)13-12-23(19,2)3)15-21(16)27-18-10-8-17(9-11-18)22(25)26-6/h8-11,14-15H,7,12-13H2,1-6H3. The first-order valence-corrected chi connectivity index (χ1v) is 9.72. The molecule has 144 valence electrons. The predicted octanol–water partition coefficient (Wildman–Crippen LogP) is 6.18. The number of hydrogen-bond donors (Lipinski definition) is 0. The second kappa shape index (κ2) is 7.03. The van der Waals surface area contributed by atoms with Crippen molar-refractivity contribution >= 4 is 5.97 Å². The lowest BCUT2D eigenvalue weighted by Gasteiger charge is -2.42. The highest BCUT2D eigenvalue weighted by molar-refractivity contribution is 5.89. The summed E-state index contributed by atoms with van der Waals surface area (Å²) in [6, 6.07) is 11.7. The van der Waals surface area contributed by atoms with Crippen molar-refractivity contribution in [2.75, 3.05) is 7.11 Å². The van der Waals surface area contributed by atoms with Gasteiger partial charge in [0.1, 0.15) is 11.5 Å². The molecule has 0 heterocycles. The number of aryl methyl sites for hydroxylation is 1. The maximum absolute atomic E-state index is 11.6. The van der Waals surface area contributed by atoms with Crippen LogP contribution in [0.2, 0.25) is 0 Å². The summed E-state index contributed by atoms with van der Waals surface area (Å²) in [5.74, 6) is 1.30. The molecule has 0 saturated heterocycles. The van der Waals surface area contributed by atoms with Crippen molar-refractivity contribution in [2.24, 2.45) is 0 Å². The molecule has 0 aliphatic heterocycles. The minimum atomic E-state index is -0.339. The number of rotatable bonds is 4. The lowest BCUT2D eigenvalue weighted by atomic mass is 9.63. The summed E-state index contributed by atoms with van der Waals surface area (Å²) in [7, 11) is 1.39. The van der Waals surface area contributed by atoms with Crippen LogP contribution in [0.1, 0.15) is 74.5 Å². The van der Waals surface area contributed by atoms with Gasteiger partial charge in [-0.25, -0.2) is 4.79 Å². The molecule has 0 saturated carbocycles. The lowest BCUT2D eigenvalue weighted by molar-refractivity contribution is 0.0600. The van der Waals surface area contributed by atoms with Crippen LogP contribution >= 0.6 is 0 Å². The Kier molecular flexibility index (Phi) is 5.07. The van der Waals surface area contributed by atoms with E-state index in [9.17, 15) is 4.79 Å². The number of esters is 1. The Bertz CT molecular complexity index is 845. The molecule has 1 aliphatic rings. The average Bonchev–Trinajstić information content (AvgIpc) is 2.65. The van der Waals surface area contributed by atoms with E-state index in [2.05, 4.69) is 46.8 Å². The van der Waals surface area contributed by atoms with Gasteiger partial charge in [-0.1, -0.05) is 40.7 Å². The van der Waals surface area contributed by atoms with Gasteiger partial charge in [-0.15, -0.1) is 0 Å². The van der Waals surface area contributed by atoms with Crippen LogP contribution in [0, 0.1) is 0 Å². The molecule has 0 bridgehead atoms. The fourth-order valence-corrected chi connectivity index (χ4v) is 3.91. The van der Waals surface area contributed by atoms with Crippen molar-refractivity contribution in [3.05, 3.63) is 58.7 Å². The summed E-state index contributed by atoms with van der Waals surface area (Å²) in [4.78, 5) is 11.6. The highest BCUT2D eigenvalue weighted by Crippen LogP contribution is 2.48.